The molecule has 1 saturated heterocycles. The van der Waals surface area contributed by atoms with Gasteiger partial charge >= 0.3 is 6.03 Å². The summed E-state index contributed by atoms with van der Waals surface area (Å²) in [7, 11) is 0. The molecular formula is C18H20ClN3O2. The molecule has 0 aliphatic carbocycles. The van der Waals surface area contributed by atoms with Crippen LogP contribution in [0.5, 0.6) is 0 Å². The average molecular weight is 346 g/mol. The second-order valence-electron chi connectivity index (χ2n) is 5.67. The van der Waals surface area contributed by atoms with Gasteiger partial charge in [0.1, 0.15) is 0 Å². The zero-order valence-electron chi connectivity index (χ0n) is 13.2. The van der Waals surface area contributed by atoms with E-state index >= 15 is 0 Å². The fraction of sp³-hybridized carbons (Fsp3) is 0.278. The quantitative estimate of drug-likeness (QED) is 0.760. The topological polar surface area (TPSA) is 62.4 Å². The van der Waals surface area contributed by atoms with Gasteiger partial charge in [-0.2, -0.15) is 0 Å². The van der Waals surface area contributed by atoms with Gasteiger partial charge in [0.15, 0.2) is 0 Å². The third-order valence-electron chi connectivity index (χ3n) is 3.86. The van der Waals surface area contributed by atoms with Gasteiger partial charge in [0, 0.05) is 30.6 Å². The summed E-state index contributed by atoms with van der Waals surface area (Å²) in [5.74, 6) is 0. The Bertz CT molecular complexity index is 685. The van der Waals surface area contributed by atoms with Crippen molar-refractivity contribution in [2.75, 3.05) is 29.2 Å². The standard InChI is InChI=1S/C18H20ClN3O2/c19-16-3-1-2-4-17(16)22-18(23)21-14-7-5-13(6-8-14)20-15-9-11-24-12-10-15/h1-8,15,20H,9-12H2,(H2,21,22,23). The fourth-order valence-corrected chi connectivity index (χ4v) is 2.76. The first-order valence-corrected chi connectivity index (χ1v) is 8.35. The molecule has 1 aliphatic rings. The molecule has 126 valence electrons. The van der Waals surface area contributed by atoms with Gasteiger partial charge in [0.05, 0.1) is 10.7 Å². The molecule has 0 aromatic heterocycles. The molecule has 0 saturated carbocycles. The monoisotopic (exact) mass is 345 g/mol. The predicted molar refractivity (Wildman–Crippen MR) is 98.0 cm³/mol. The Balaban J connectivity index is 1.53. The lowest BCUT2D eigenvalue weighted by Crippen LogP contribution is -2.27. The maximum Gasteiger partial charge on any atom is 0.323 e. The number of carbonyl (C=O) groups excluding carboxylic acids is 1. The summed E-state index contributed by atoms with van der Waals surface area (Å²) in [6.07, 6.45) is 2.03. The number of nitrogens with one attached hydrogen (secondary N) is 3. The lowest BCUT2D eigenvalue weighted by molar-refractivity contribution is 0.0904. The second kappa shape index (κ2) is 8.04. The summed E-state index contributed by atoms with van der Waals surface area (Å²) >= 11 is 6.03. The first-order chi connectivity index (χ1) is 11.7. The van der Waals surface area contributed by atoms with Crippen LogP contribution in [0.4, 0.5) is 21.9 Å². The third-order valence-corrected chi connectivity index (χ3v) is 4.19. The maximum absolute atomic E-state index is 12.0. The Hall–Kier alpha value is -2.24. The molecule has 6 heteroatoms. The Labute approximate surface area is 146 Å². The van der Waals surface area contributed by atoms with Crippen LogP contribution in [0.3, 0.4) is 0 Å². The Kier molecular flexibility index (Phi) is 5.56. The number of ether oxygens (including phenoxy) is 1. The number of hydrogen-bond donors (Lipinski definition) is 3. The largest absolute Gasteiger partial charge is 0.382 e. The summed E-state index contributed by atoms with van der Waals surface area (Å²) in [6, 6.07) is 14.9. The molecule has 1 aliphatic heterocycles. The molecule has 0 radical (unpaired) electrons. The van der Waals surface area contributed by atoms with Crippen LogP contribution in [-0.2, 0) is 4.74 Å². The minimum atomic E-state index is -0.326. The first kappa shape index (κ1) is 16.6. The molecule has 2 aromatic carbocycles. The van der Waals surface area contributed by atoms with Crippen molar-refractivity contribution in [1.29, 1.82) is 0 Å². The van der Waals surface area contributed by atoms with Gasteiger partial charge in [0.25, 0.3) is 0 Å². The van der Waals surface area contributed by atoms with Crippen LogP contribution in [0, 0.1) is 0 Å². The molecule has 2 amide bonds. The van der Waals surface area contributed by atoms with Crippen LogP contribution in [0.1, 0.15) is 12.8 Å². The third kappa shape index (κ3) is 4.63. The van der Waals surface area contributed by atoms with E-state index < -0.39 is 0 Å². The van der Waals surface area contributed by atoms with Crippen LogP contribution in [0.25, 0.3) is 0 Å². The van der Waals surface area contributed by atoms with E-state index in [0.717, 1.165) is 37.4 Å². The number of benzene rings is 2. The van der Waals surface area contributed by atoms with Gasteiger partial charge < -0.3 is 20.7 Å². The van der Waals surface area contributed by atoms with Crippen LogP contribution in [-0.4, -0.2) is 25.3 Å². The fourth-order valence-electron chi connectivity index (χ4n) is 2.57. The Morgan fingerprint density at radius 3 is 2.33 bits per heavy atom. The van der Waals surface area contributed by atoms with Gasteiger partial charge in [-0.05, 0) is 49.2 Å². The van der Waals surface area contributed by atoms with E-state index in [2.05, 4.69) is 16.0 Å². The molecule has 2 aromatic rings. The van der Waals surface area contributed by atoms with Crippen molar-refractivity contribution >= 4 is 34.7 Å². The van der Waals surface area contributed by atoms with Gasteiger partial charge in [-0.3, -0.25) is 0 Å². The average Bonchev–Trinajstić information content (AvgIpc) is 2.60. The number of anilines is 3. The number of carbonyl (C=O) groups is 1. The molecule has 0 atom stereocenters. The van der Waals surface area contributed by atoms with Crippen LogP contribution in [0.15, 0.2) is 48.5 Å². The van der Waals surface area contributed by atoms with E-state index in [1.165, 1.54) is 0 Å². The lowest BCUT2D eigenvalue weighted by Gasteiger charge is -2.24. The van der Waals surface area contributed by atoms with E-state index in [-0.39, 0.29) is 6.03 Å². The van der Waals surface area contributed by atoms with Gasteiger partial charge in [-0.15, -0.1) is 0 Å². The molecule has 3 N–H and O–H groups in total. The lowest BCUT2D eigenvalue weighted by atomic mass is 10.1. The van der Waals surface area contributed by atoms with Gasteiger partial charge in [-0.25, -0.2) is 4.79 Å². The summed E-state index contributed by atoms with van der Waals surface area (Å²) in [5.41, 5.74) is 2.34. The highest BCUT2D eigenvalue weighted by molar-refractivity contribution is 6.33. The summed E-state index contributed by atoms with van der Waals surface area (Å²) in [5, 5.41) is 9.51. The van der Waals surface area contributed by atoms with Crippen molar-refractivity contribution in [3.05, 3.63) is 53.6 Å². The molecule has 0 unspecified atom stereocenters. The minimum absolute atomic E-state index is 0.326. The molecule has 1 heterocycles. The molecule has 1 fully saturated rings. The second-order valence-corrected chi connectivity index (χ2v) is 6.07. The smallest absolute Gasteiger partial charge is 0.323 e. The van der Waals surface area contributed by atoms with Crippen molar-refractivity contribution in [2.45, 2.75) is 18.9 Å². The van der Waals surface area contributed by atoms with Crippen molar-refractivity contribution in [3.63, 3.8) is 0 Å². The number of para-hydroxylation sites is 1. The zero-order chi connectivity index (χ0) is 16.8. The number of halogens is 1. The number of hydrogen-bond acceptors (Lipinski definition) is 3. The molecular weight excluding hydrogens is 326 g/mol. The normalized spacial score (nSPS) is 14.9. The zero-order valence-corrected chi connectivity index (χ0v) is 14.0. The Morgan fingerprint density at radius 2 is 1.62 bits per heavy atom. The first-order valence-electron chi connectivity index (χ1n) is 7.97. The van der Waals surface area contributed by atoms with E-state index in [0.29, 0.717) is 16.8 Å². The van der Waals surface area contributed by atoms with Crippen molar-refractivity contribution < 1.29 is 9.53 Å². The number of rotatable bonds is 4. The maximum atomic E-state index is 12.0. The molecule has 0 spiro atoms. The molecule has 24 heavy (non-hydrogen) atoms. The van der Waals surface area contributed by atoms with Gasteiger partial charge in [-0.1, -0.05) is 23.7 Å². The van der Waals surface area contributed by atoms with Crippen molar-refractivity contribution in [2.24, 2.45) is 0 Å². The highest BCUT2D eigenvalue weighted by Gasteiger charge is 2.13. The van der Waals surface area contributed by atoms with E-state index in [1.807, 2.05) is 36.4 Å². The van der Waals surface area contributed by atoms with Crippen molar-refractivity contribution in [3.8, 4) is 0 Å². The molecule has 0 bridgehead atoms. The van der Waals surface area contributed by atoms with Crippen LogP contribution < -0.4 is 16.0 Å². The summed E-state index contributed by atoms with van der Waals surface area (Å²) in [6.45, 7) is 1.61. The molecule has 3 rings (SSSR count). The highest BCUT2D eigenvalue weighted by atomic mass is 35.5. The van der Waals surface area contributed by atoms with Crippen LogP contribution >= 0.6 is 11.6 Å². The summed E-state index contributed by atoms with van der Waals surface area (Å²) in [4.78, 5) is 12.0. The van der Waals surface area contributed by atoms with Crippen LogP contribution in [0.2, 0.25) is 5.02 Å². The SMILES string of the molecule is O=C(Nc1ccc(NC2CCOCC2)cc1)Nc1ccccc1Cl. The summed E-state index contributed by atoms with van der Waals surface area (Å²) < 4.78 is 5.35. The van der Waals surface area contributed by atoms with E-state index in [1.54, 1.807) is 12.1 Å². The van der Waals surface area contributed by atoms with Crippen molar-refractivity contribution in [1.82, 2.24) is 0 Å². The Morgan fingerprint density at radius 1 is 0.958 bits per heavy atom. The molecule has 5 nitrogen and oxygen atoms in total. The van der Waals surface area contributed by atoms with Gasteiger partial charge in [0.2, 0.25) is 0 Å². The predicted octanol–water partition coefficient (Wildman–Crippen LogP) is 4.57. The minimum Gasteiger partial charge on any atom is -0.382 e. The van der Waals surface area contributed by atoms with E-state index in [4.69, 9.17) is 16.3 Å². The highest BCUT2D eigenvalue weighted by Crippen LogP contribution is 2.21. The van der Waals surface area contributed by atoms with E-state index in [9.17, 15) is 4.79 Å². The number of amides is 2. The number of urea groups is 1.